The number of hydrogen-bond acceptors (Lipinski definition) is 3. The Morgan fingerprint density at radius 3 is 2.55 bits per heavy atom. The number of fused-ring (bicyclic) bond motifs is 1. The van der Waals surface area contributed by atoms with Crippen molar-refractivity contribution in [1.29, 1.82) is 0 Å². The fraction of sp³-hybridized carbons (Fsp3) is 0.435. The van der Waals surface area contributed by atoms with Crippen LogP contribution in [0.15, 0.2) is 48.8 Å². The van der Waals surface area contributed by atoms with Crippen molar-refractivity contribution in [2.75, 3.05) is 19.6 Å². The highest BCUT2D eigenvalue weighted by Crippen LogP contribution is 2.59. The van der Waals surface area contributed by atoms with Crippen LogP contribution in [0, 0.1) is 11.3 Å². The van der Waals surface area contributed by atoms with Gasteiger partial charge in [0.1, 0.15) is 0 Å². The Kier molecular flexibility index (Phi) is 4.49. The number of piperidine rings is 1. The van der Waals surface area contributed by atoms with Crippen LogP contribution in [0.2, 0.25) is 0 Å². The van der Waals surface area contributed by atoms with E-state index in [2.05, 4.69) is 10.3 Å². The van der Waals surface area contributed by atoms with E-state index in [0.29, 0.717) is 24.4 Å². The van der Waals surface area contributed by atoms with Crippen molar-refractivity contribution in [2.24, 2.45) is 11.3 Å². The lowest BCUT2D eigenvalue weighted by Gasteiger charge is -2.33. The van der Waals surface area contributed by atoms with Crippen molar-refractivity contribution < 1.29 is 9.59 Å². The molecule has 29 heavy (non-hydrogen) atoms. The first-order chi connectivity index (χ1) is 14.1. The van der Waals surface area contributed by atoms with Crippen LogP contribution >= 0.6 is 0 Å². The fourth-order valence-electron chi connectivity index (χ4n) is 4.94. The molecule has 3 aliphatic rings. The molecule has 2 aliphatic heterocycles. The number of rotatable bonds is 3. The van der Waals surface area contributed by atoms with Crippen LogP contribution in [0.1, 0.15) is 40.7 Å². The van der Waals surface area contributed by atoms with Gasteiger partial charge in [-0.05, 0) is 59.9 Å². The second-order valence-electron chi connectivity index (χ2n) is 8.61. The molecule has 1 N–H and O–H groups in total. The Morgan fingerprint density at radius 1 is 1.03 bits per heavy atom. The molecule has 3 heterocycles. The predicted octanol–water partition coefficient (Wildman–Crippen LogP) is 3.05. The molecule has 0 bridgehead atoms. The molecule has 2 fully saturated rings. The number of pyridine rings is 1. The number of carbonyl (C=O) groups is 2. The van der Waals surface area contributed by atoms with Gasteiger partial charge in [-0.2, -0.15) is 0 Å². The van der Waals surface area contributed by atoms with E-state index in [1.54, 1.807) is 6.20 Å². The van der Waals surface area contributed by atoms with Gasteiger partial charge in [0.15, 0.2) is 0 Å². The molecular formula is C23H26N4O2. The van der Waals surface area contributed by atoms with Crippen molar-refractivity contribution in [3.63, 3.8) is 0 Å². The third-order valence-electron chi connectivity index (χ3n) is 6.94. The monoisotopic (exact) mass is 390 g/mol. The van der Waals surface area contributed by atoms with Crippen LogP contribution in [-0.2, 0) is 13.1 Å². The Bertz CT molecular complexity index is 896. The summed E-state index contributed by atoms with van der Waals surface area (Å²) in [7, 11) is 0. The van der Waals surface area contributed by atoms with E-state index in [-0.39, 0.29) is 11.9 Å². The third kappa shape index (κ3) is 3.48. The first kappa shape index (κ1) is 18.2. The minimum Gasteiger partial charge on any atom is -0.339 e. The van der Waals surface area contributed by atoms with Gasteiger partial charge in [0.05, 0.1) is 0 Å². The highest BCUT2D eigenvalue weighted by Gasteiger charge is 2.54. The highest BCUT2D eigenvalue weighted by atomic mass is 16.2. The SMILES string of the molecule is O=C(NCC1CC12CCN(C(=O)c1ccccc1)CC2)N1Cc2ccncc2C1. The number of likely N-dealkylation sites (tertiary alicyclic amines) is 1. The summed E-state index contributed by atoms with van der Waals surface area (Å²) >= 11 is 0. The van der Waals surface area contributed by atoms with Crippen LogP contribution in [-0.4, -0.2) is 46.4 Å². The zero-order chi connectivity index (χ0) is 19.8. The van der Waals surface area contributed by atoms with Crippen molar-refractivity contribution >= 4 is 11.9 Å². The second-order valence-corrected chi connectivity index (χ2v) is 8.61. The molecule has 1 aromatic carbocycles. The van der Waals surface area contributed by atoms with Crippen molar-refractivity contribution in [3.8, 4) is 0 Å². The Morgan fingerprint density at radius 2 is 1.79 bits per heavy atom. The van der Waals surface area contributed by atoms with E-state index in [9.17, 15) is 9.59 Å². The molecule has 5 rings (SSSR count). The normalized spacial score (nSPS) is 21.7. The molecule has 150 valence electrons. The molecule has 3 amide bonds. The first-order valence-electron chi connectivity index (χ1n) is 10.4. The molecule has 6 nitrogen and oxygen atoms in total. The fourth-order valence-corrected chi connectivity index (χ4v) is 4.94. The van der Waals surface area contributed by atoms with E-state index in [0.717, 1.165) is 50.0 Å². The van der Waals surface area contributed by atoms with Gasteiger partial charge < -0.3 is 15.1 Å². The van der Waals surface area contributed by atoms with E-state index in [1.807, 2.05) is 52.4 Å². The zero-order valence-electron chi connectivity index (χ0n) is 16.5. The van der Waals surface area contributed by atoms with Crippen LogP contribution in [0.4, 0.5) is 4.79 Å². The topological polar surface area (TPSA) is 65.5 Å². The van der Waals surface area contributed by atoms with Crippen molar-refractivity contribution in [3.05, 3.63) is 65.5 Å². The van der Waals surface area contributed by atoms with Gasteiger partial charge in [-0.25, -0.2) is 4.79 Å². The molecule has 1 saturated carbocycles. The maximum atomic E-state index is 12.6. The number of carbonyl (C=O) groups excluding carboxylic acids is 2. The van der Waals surface area contributed by atoms with Crippen molar-refractivity contribution in [2.45, 2.75) is 32.4 Å². The van der Waals surface area contributed by atoms with Gasteiger partial charge in [-0.15, -0.1) is 0 Å². The summed E-state index contributed by atoms with van der Waals surface area (Å²) < 4.78 is 0. The molecule has 0 radical (unpaired) electrons. The summed E-state index contributed by atoms with van der Waals surface area (Å²) in [5, 5.41) is 3.14. The molecule has 2 aromatic rings. The Balaban J connectivity index is 1.09. The lowest BCUT2D eigenvalue weighted by molar-refractivity contribution is 0.0669. The van der Waals surface area contributed by atoms with E-state index < -0.39 is 0 Å². The van der Waals surface area contributed by atoms with Crippen LogP contribution < -0.4 is 5.32 Å². The number of hydrogen-bond donors (Lipinski definition) is 1. The van der Waals surface area contributed by atoms with Gasteiger partial charge in [-0.3, -0.25) is 9.78 Å². The van der Waals surface area contributed by atoms with Crippen LogP contribution in [0.3, 0.4) is 0 Å². The number of nitrogens with zero attached hydrogens (tertiary/aromatic N) is 3. The number of amides is 3. The number of nitrogens with one attached hydrogen (secondary N) is 1. The lowest BCUT2D eigenvalue weighted by Crippen LogP contribution is -2.41. The van der Waals surface area contributed by atoms with Gasteiger partial charge in [0.2, 0.25) is 0 Å². The predicted molar refractivity (Wildman–Crippen MR) is 109 cm³/mol. The van der Waals surface area contributed by atoms with E-state index >= 15 is 0 Å². The molecule has 6 heteroatoms. The molecular weight excluding hydrogens is 364 g/mol. The lowest BCUT2D eigenvalue weighted by atomic mass is 9.90. The molecule has 1 spiro atoms. The number of aromatic nitrogens is 1. The van der Waals surface area contributed by atoms with Crippen LogP contribution in [0.5, 0.6) is 0 Å². The summed E-state index contributed by atoms with van der Waals surface area (Å²) in [5.74, 6) is 0.668. The molecule has 1 atom stereocenters. The minimum atomic E-state index is 0.0138. The maximum absolute atomic E-state index is 12.6. The summed E-state index contributed by atoms with van der Waals surface area (Å²) in [4.78, 5) is 33.2. The average molecular weight is 390 g/mol. The highest BCUT2D eigenvalue weighted by molar-refractivity contribution is 5.94. The Labute approximate surface area is 170 Å². The summed E-state index contributed by atoms with van der Waals surface area (Å²) in [5.41, 5.74) is 3.41. The summed E-state index contributed by atoms with van der Waals surface area (Å²) in [6.07, 6.45) is 6.86. The average Bonchev–Trinajstić information content (AvgIpc) is 3.24. The van der Waals surface area contributed by atoms with Crippen LogP contribution in [0.25, 0.3) is 0 Å². The minimum absolute atomic E-state index is 0.0138. The summed E-state index contributed by atoms with van der Waals surface area (Å²) in [6, 6.07) is 11.5. The standard InChI is InChI=1S/C23H26N4O2/c28-21(17-4-2-1-3-5-17)26-10-7-23(8-11-26)12-20(23)14-25-22(29)27-15-18-6-9-24-13-19(18)16-27/h1-6,9,13,20H,7-8,10-12,14-16H2,(H,25,29). The zero-order valence-corrected chi connectivity index (χ0v) is 16.5. The largest absolute Gasteiger partial charge is 0.339 e. The van der Waals surface area contributed by atoms with Gasteiger partial charge >= 0.3 is 6.03 Å². The smallest absolute Gasteiger partial charge is 0.318 e. The molecule has 1 aromatic heterocycles. The van der Waals surface area contributed by atoms with Gasteiger partial charge in [-0.1, -0.05) is 18.2 Å². The number of urea groups is 1. The third-order valence-corrected chi connectivity index (χ3v) is 6.94. The summed E-state index contributed by atoms with van der Waals surface area (Å²) in [6.45, 7) is 3.66. The van der Waals surface area contributed by atoms with Crippen molar-refractivity contribution in [1.82, 2.24) is 20.1 Å². The molecule has 1 saturated heterocycles. The second kappa shape index (κ2) is 7.17. The Hall–Kier alpha value is -2.89. The van der Waals surface area contributed by atoms with Gasteiger partial charge in [0.25, 0.3) is 5.91 Å². The first-order valence-corrected chi connectivity index (χ1v) is 10.4. The number of benzene rings is 1. The molecule has 1 aliphatic carbocycles. The molecule has 1 unspecified atom stereocenters. The van der Waals surface area contributed by atoms with Gasteiger partial charge in [0, 0.05) is 50.7 Å². The van der Waals surface area contributed by atoms with E-state index in [4.69, 9.17) is 0 Å². The quantitative estimate of drug-likeness (QED) is 0.876. The maximum Gasteiger partial charge on any atom is 0.318 e. The van der Waals surface area contributed by atoms with E-state index in [1.165, 1.54) is 5.56 Å².